The predicted octanol–water partition coefficient (Wildman–Crippen LogP) is 4.11. The van der Waals surface area contributed by atoms with E-state index in [1.807, 2.05) is 29.2 Å². The van der Waals surface area contributed by atoms with Gasteiger partial charge in [0.2, 0.25) is 5.91 Å². The van der Waals surface area contributed by atoms with Gasteiger partial charge in [0, 0.05) is 35.3 Å². The number of para-hydroxylation sites is 2. The van der Waals surface area contributed by atoms with E-state index in [4.69, 9.17) is 5.21 Å². The molecule has 0 aliphatic carbocycles. The third-order valence-corrected chi connectivity index (χ3v) is 5.81. The molecule has 3 amide bonds. The van der Waals surface area contributed by atoms with E-state index in [0.29, 0.717) is 26.1 Å². The zero-order valence-electron chi connectivity index (χ0n) is 17.5. The number of fused-ring (bicyclic) bond motifs is 3. The third-order valence-electron chi connectivity index (χ3n) is 5.81. The topological polar surface area (TPSA) is 86.6 Å². The normalized spacial score (nSPS) is 12.7. The molecule has 1 aromatic heterocycles. The Labute approximate surface area is 181 Å². The SMILES string of the molecule is O=C(CCCCCCNC(=O)N1Cc2c(n(-c3ccccc3)c3ccccc23)C1)NO. The Hall–Kier alpha value is -3.32. The summed E-state index contributed by atoms with van der Waals surface area (Å²) in [6.45, 7) is 1.81. The molecule has 0 spiro atoms. The van der Waals surface area contributed by atoms with E-state index < -0.39 is 0 Å². The van der Waals surface area contributed by atoms with Crippen LogP contribution in [0.1, 0.15) is 43.4 Å². The third kappa shape index (κ3) is 4.56. The quantitative estimate of drug-likeness (QED) is 0.291. The van der Waals surface area contributed by atoms with Crippen LogP contribution in [-0.4, -0.2) is 33.2 Å². The standard InChI is InChI=1S/C24H28N4O3/c29-23(26-31)14-6-1-2-9-15-25-24(30)27-16-20-19-12-7-8-13-21(19)28(22(20)17-27)18-10-4-3-5-11-18/h3-5,7-8,10-13,31H,1-2,6,9,14-17H2,(H,25,30)(H,26,29). The maximum Gasteiger partial charge on any atom is 0.318 e. The summed E-state index contributed by atoms with van der Waals surface area (Å²) in [6.07, 6.45) is 3.76. The van der Waals surface area contributed by atoms with Gasteiger partial charge in [-0.3, -0.25) is 10.0 Å². The number of benzene rings is 2. The largest absolute Gasteiger partial charge is 0.338 e. The lowest BCUT2D eigenvalue weighted by Gasteiger charge is -2.18. The van der Waals surface area contributed by atoms with Crippen LogP contribution in [0.25, 0.3) is 16.6 Å². The fourth-order valence-corrected chi connectivity index (χ4v) is 4.27. The fourth-order valence-electron chi connectivity index (χ4n) is 4.27. The van der Waals surface area contributed by atoms with Gasteiger partial charge in [-0.25, -0.2) is 10.3 Å². The van der Waals surface area contributed by atoms with Crippen LogP contribution >= 0.6 is 0 Å². The maximum absolute atomic E-state index is 12.7. The molecule has 2 aromatic carbocycles. The van der Waals surface area contributed by atoms with E-state index >= 15 is 0 Å². The van der Waals surface area contributed by atoms with Crippen LogP contribution in [0.3, 0.4) is 0 Å². The predicted molar refractivity (Wildman–Crippen MR) is 119 cm³/mol. The van der Waals surface area contributed by atoms with E-state index in [1.165, 1.54) is 22.2 Å². The number of nitrogens with zero attached hydrogens (tertiary/aromatic N) is 2. The summed E-state index contributed by atoms with van der Waals surface area (Å²) in [7, 11) is 0. The highest BCUT2D eigenvalue weighted by atomic mass is 16.5. The van der Waals surface area contributed by atoms with E-state index in [2.05, 4.69) is 40.2 Å². The number of carbonyl (C=O) groups excluding carboxylic acids is 2. The molecule has 7 heteroatoms. The van der Waals surface area contributed by atoms with Crippen molar-refractivity contribution in [3.8, 4) is 5.69 Å². The fraction of sp³-hybridized carbons (Fsp3) is 0.333. The number of amides is 3. The molecule has 1 aliphatic heterocycles. The molecule has 0 saturated carbocycles. The summed E-state index contributed by atoms with van der Waals surface area (Å²) in [5.41, 5.74) is 6.31. The van der Waals surface area contributed by atoms with Gasteiger partial charge in [0.15, 0.2) is 0 Å². The highest BCUT2D eigenvalue weighted by Crippen LogP contribution is 2.35. The van der Waals surface area contributed by atoms with Gasteiger partial charge >= 0.3 is 6.03 Å². The van der Waals surface area contributed by atoms with E-state index in [-0.39, 0.29) is 11.9 Å². The smallest absolute Gasteiger partial charge is 0.318 e. The number of nitrogens with one attached hydrogen (secondary N) is 2. The summed E-state index contributed by atoms with van der Waals surface area (Å²) in [5.74, 6) is -0.353. The summed E-state index contributed by atoms with van der Waals surface area (Å²) < 4.78 is 2.26. The molecule has 31 heavy (non-hydrogen) atoms. The Kier molecular flexibility index (Phi) is 6.52. The summed E-state index contributed by atoms with van der Waals surface area (Å²) in [4.78, 5) is 25.6. The van der Waals surface area contributed by atoms with Gasteiger partial charge in [-0.15, -0.1) is 0 Å². The van der Waals surface area contributed by atoms with Crippen LogP contribution < -0.4 is 10.8 Å². The van der Waals surface area contributed by atoms with E-state index in [0.717, 1.165) is 31.4 Å². The van der Waals surface area contributed by atoms with Gasteiger partial charge in [0.25, 0.3) is 0 Å². The first-order valence-corrected chi connectivity index (χ1v) is 10.8. The Morgan fingerprint density at radius 1 is 0.903 bits per heavy atom. The molecular formula is C24H28N4O3. The highest BCUT2D eigenvalue weighted by molar-refractivity contribution is 5.89. The van der Waals surface area contributed by atoms with Crippen molar-refractivity contribution < 1.29 is 14.8 Å². The van der Waals surface area contributed by atoms with Crippen LogP contribution in [0.2, 0.25) is 0 Å². The second kappa shape index (κ2) is 9.66. The molecule has 3 N–H and O–H groups in total. The summed E-state index contributed by atoms with van der Waals surface area (Å²) in [5, 5.41) is 12.7. The summed E-state index contributed by atoms with van der Waals surface area (Å²) >= 11 is 0. The molecule has 7 nitrogen and oxygen atoms in total. The number of urea groups is 1. The van der Waals surface area contributed by atoms with Crippen LogP contribution in [0.4, 0.5) is 4.79 Å². The molecule has 0 bridgehead atoms. The van der Waals surface area contributed by atoms with Crippen molar-refractivity contribution in [2.75, 3.05) is 6.54 Å². The average molecular weight is 421 g/mol. The first-order valence-electron chi connectivity index (χ1n) is 10.8. The molecule has 0 radical (unpaired) electrons. The van der Waals surface area contributed by atoms with Gasteiger partial charge in [-0.2, -0.15) is 0 Å². The number of hydrogen-bond donors (Lipinski definition) is 3. The maximum atomic E-state index is 12.7. The molecule has 162 valence electrons. The second-order valence-electron chi connectivity index (χ2n) is 7.90. The minimum atomic E-state index is -0.353. The molecule has 0 unspecified atom stereocenters. The van der Waals surface area contributed by atoms with Gasteiger partial charge in [-0.1, -0.05) is 49.2 Å². The molecule has 1 aliphatic rings. The Morgan fingerprint density at radius 3 is 2.45 bits per heavy atom. The Balaban J connectivity index is 1.36. The zero-order valence-corrected chi connectivity index (χ0v) is 17.5. The minimum Gasteiger partial charge on any atom is -0.338 e. The first kappa shape index (κ1) is 20.9. The number of rotatable bonds is 8. The average Bonchev–Trinajstić information content (AvgIpc) is 3.36. The van der Waals surface area contributed by atoms with Crippen molar-refractivity contribution in [2.24, 2.45) is 0 Å². The summed E-state index contributed by atoms with van der Waals surface area (Å²) in [6, 6.07) is 18.6. The van der Waals surface area contributed by atoms with Crippen molar-refractivity contribution in [2.45, 2.75) is 45.2 Å². The van der Waals surface area contributed by atoms with Crippen LogP contribution in [-0.2, 0) is 17.9 Å². The molecule has 0 atom stereocenters. The lowest BCUT2D eigenvalue weighted by atomic mass is 10.1. The molecule has 0 fully saturated rings. The first-order chi connectivity index (χ1) is 15.2. The monoisotopic (exact) mass is 420 g/mol. The molecule has 4 rings (SSSR count). The van der Waals surface area contributed by atoms with E-state index in [1.54, 1.807) is 5.48 Å². The van der Waals surface area contributed by atoms with Crippen molar-refractivity contribution in [1.29, 1.82) is 0 Å². The van der Waals surface area contributed by atoms with Crippen molar-refractivity contribution in [1.82, 2.24) is 20.3 Å². The zero-order chi connectivity index (χ0) is 21.6. The molecular weight excluding hydrogens is 392 g/mol. The van der Waals surface area contributed by atoms with Crippen LogP contribution in [0, 0.1) is 0 Å². The molecule has 2 heterocycles. The second-order valence-corrected chi connectivity index (χ2v) is 7.90. The Morgan fingerprint density at radius 2 is 1.65 bits per heavy atom. The number of hydrogen-bond acceptors (Lipinski definition) is 3. The number of aromatic nitrogens is 1. The lowest BCUT2D eigenvalue weighted by Crippen LogP contribution is -2.37. The highest BCUT2D eigenvalue weighted by Gasteiger charge is 2.29. The van der Waals surface area contributed by atoms with Crippen molar-refractivity contribution in [3.05, 3.63) is 65.9 Å². The van der Waals surface area contributed by atoms with Gasteiger partial charge in [0.1, 0.15) is 0 Å². The van der Waals surface area contributed by atoms with E-state index in [9.17, 15) is 9.59 Å². The number of hydroxylamine groups is 1. The van der Waals surface area contributed by atoms with Crippen molar-refractivity contribution in [3.63, 3.8) is 0 Å². The van der Waals surface area contributed by atoms with Gasteiger partial charge in [0.05, 0.1) is 18.6 Å². The van der Waals surface area contributed by atoms with Crippen LogP contribution in [0.5, 0.6) is 0 Å². The Bertz CT molecular complexity index is 1060. The van der Waals surface area contributed by atoms with Gasteiger partial charge in [-0.05, 0) is 31.0 Å². The van der Waals surface area contributed by atoms with Crippen molar-refractivity contribution >= 4 is 22.8 Å². The van der Waals surface area contributed by atoms with Gasteiger partial charge < -0.3 is 14.8 Å². The minimum absolute atomic E-state index is 0.0421. The molecule has 3 aromatic rings. The molecule has 0 saturated heterocycles. The number of carbonyl (C=O) groups is 2. The number of unbranched alkanes of at least 4 members (excludes halogenated alkanes) is 3. The lowest BCUT2D eigenvalue weighted by molar-refractivity contribution is -0.129. The van der Waals surface area contributed by atoms with Crippen LogP contribution in [0.15, 0.2) is 54.6 Å².